The fourth-order valence-corrected chi connectivity index (χ4v) is 2.32. The standard InChI is InChI=1S/C11H13NO4/c1-6(11(15)16)12-9(13)7-4-2-3-5-8(7)10(12)14/h2-3,6-8H,4-5H2,1H3,(H,15,16)/t6-,7-,8-/m0/s1. The molecular formula is C11H13NO4. The van der Waals surface area contributed by atoms with Crippen LogP contribution < -0.4 is 0 Å². The van der Waals surface area contributed by atoms with Gasteiger partial charge in [-0.3, -0.25) is 14.5 Å². The van der Waals surface area contributed by atoms with Crippen LogP contribution in [0.15, 0.2) is 12.2 Å². The largest absolute Gasteiger partial charge is 0.480 e. The van der Waals surface area contributed by atoms with Gasteiger partial charge in [0.2, 0.25) is 11.8 Å². The number of carbonyl (C=O) groups excluding carboxylic acids is 2. The number of carbonyl (C=O) groups is 3. The van der Waals surface area contributed by atoms with E-state index in [1.807, 2.05) is 12.2 Å². The van der Waals surface area contributed by atoms with Crippen molar-refractivity contribution < 1.29 is 19.5 Å². The normalized spacial score (nSPS) is 30.4. The molecular weight excluding hydrogens is 210 g/mol. The number of amides is 2. The van der Waals surface area contributed by atoms with Crippen LogP contribution >= 0.6 is 0 Å². The van der Waals surface area contributed by atoms with Crippen molar-refractivity contribution in [2.45, 2.75) is 25.8 Å². The van der Waals surface area contributed by atoms with Crippen LogP contribution in [0.4, 0.5) is 0 Å². The smallest absolute Gasteiger partial charge is 0.326 e. The van der Waals surface area contributed by atoms with Gasteiger partial charge >= 0.3 is 5.97 Å². The van der Waals surface area contributed by atoms with Crippen LogP contribution in [0.3, 0.4) is 0 Å². The highest BCUT2D eigenvalue weighted by molar-refractivity contribution is 6.07. The first-order valence-electron chi connectivity index (χ1n) is 5.28. The number of hydrogen-bond acceptors (Lipinski definition) is 3. The topological polar surface area (TPSA) is 74.7 Å². The Morgan fingerprint density at radius 2 is 1.75 bits per heavy atom. The molecule has 0 saturated carbocycles. The van der Waals surface area contributed by atoms with Crippen molar-refractivity contribution in [3.63, 3.8) is 0 Å². The average Bonchev–Trinajstić information content (AvgIpc) is 2.52. The number of likely N-dealkylation sites (tertiary alicyclic amines) is 1. The molecule has 1 aliphatic carbocycles. The van der Waals surface area contributed by atoms with Crippen LogP contribution in [0.25, 0.3) is 0 Å². The molecule has 1 saturated heterocycles. The Morgan fingerprint density at radius 3 is 2.12 bits per heavy atom. The number of carboxylic acid groups (broad SMARTS) is 1. The zero-order valence-electron chi connectivity index (χ0n) is 8.92. The molecule has 16 heavy (non-hydrogen) atoms. The highest BCUT2D eigenvalue weighted by Crippen LogP contribution is 2.35. The van der Waals surface area contributed by atoms with Crippen molar-refractivity contribution in [3.05, 3.63) is 12.2 Å². The number of hydrogen-bond donors (Lipinski definition) is 1. The fraction of sp³-hybridized carbons (Fsp3) is 0.545. The first kappa shape index (κ1) is 10.9. The van der Waals surface area contributed by atoms with E-state index in [4.69, 9.17) is 5.11 Å². The van der Waals surface area contributed by atoms with Gasteiger partial charge in [-0.05, 0) is 19.8 Å². The number of carboxylic acids is 1. The van der Waals surface area contributed by atoms with Crippen LogP contribution in [0, 0.1) is 11.8 Å². The summed E-state index contributed by atoms with van der Waals surface area (Å²) >= 11 is 0. The number of nitrogens with zero attached hydrogens (tertiary/aromatic N) is 1. The summed E-state index contributed by atoms with van der Waals surface area (Å²) in [5, 5.41) is 8.85. The quantitative estimate of drug-likeness (QED) is 0.543. The Kier molecular flexibility index (Phi) is 2.53. The van der Waals surface area contributed by atoms with Gasteiger partial charge in [0.05, 0.1) is 11.8 Å². The van der Waals surface area contributed by atoms with Crippen molar-refractivity contribution in [3.8, 4) is 0 Å². The summed E-state index contributed by atoms with van der Waals surface area (Å²) in [6, 6.07) is -1.06. The summed E-state index contributed by atoms with van der Waals surface area (Å²) in [5.74, 6) is -2.52. The maximum absolute atomic E-state index is 11.9. The van der Waals surface area contributed by atoms with Gasteiger partial charge in [-0.25, -0.2) is 4.79 Å². The molecule has 3 atom stereocenters. The molecule has 1 heterocycles. The van der Waals surface area contributed by atoms with Gasteiger partial charge < -0.3 is 5.11 Å². The highest BCUT2D eigenvalue weighted by atomic mass is 16.4. The van der Waals surface area contributed by atoms with Crippen molar-refractivity contribution in [1.82, 2.24) is 4.90 Å². The van der Waals surface area contributed by atoms with E-state index >= 15 is 0 Å². The van der Waals surface area contributed by atoms with Gasteiger partial charge in [0, 0.05) is 0 Å². The fourth-order valence-electron chi connectivity index (χ4n) is 2.32. The van der Waals surface area contributed by atoms with Crippen LogP contribution in [-0.2, 0) is 14.4 Å². The molecule has 0 radical (unpaired) electrons. The second kappa shape index (κ2) is 3.73. The van der Waals surface area contributed by atoms with E-state index in [-0.39, 0.29) is 23.7 Å². The number of rotatable bonds is 2. The van der Waals surface area contributed by atoms with Crippen molar-refractivity contribution in [2.24, 2.45) is 11.8 Å². The van der Waals surface area contributed by atoms with E-state index in [0.717, 1.165) is 4.90 Å². The predicted octanol–water partition coefficient (Wildman–Crippen LogP) is 0.411. The number of fused-ring (bicyclic) bond motifs is 1. The zero-order valence-corrected chi connectivity index (χ0v) is 8.92. The molecule has 5 heteroatoms. The van der Waals surface area contributed by atoms with Crippen LogP contribution in [0.5, 0.6) is 0 Å². The minimum absolute atomic E-state index is 0.339. The molecule has 2 amide bonds. The molecule has 0 spiro atoms. The Morgan fingerprint density at radius 1 is 1.31 bits per heavy atom. The Labute approximate surface area is 92.7 Å². The maximum atomic E-state index is 11.9. The summed E-state index contributed by atoms with van der Waals surface area (Å²) in [6.45, 7) is 1.36. The Hall–Kier alpha value is -1.65. The Balaban J connectivity index is 2.27. The van der Waals surface area contributed by atoms with Crippen LogP contribution in [0.1, 0.15) is 19.8 Å². The van der Waals surface area contributed by atoms with Crippen molar-refractivity contribution in [1.29, 1.82) is 0 Å². The minimum atomic E-state index is -1.15. The maximum Gasteiger partial charge on any atom is 0.326 e. The van der Waals surface area contributed by atoms with Gasteiger partial charge in [-0.15, -0.1) is 0 Å². The van der Waals surface area contributed by atoms with E-state index in [2.05, 4.69) is 0 Å². The summed E-state index contributed by atoms with van der Waals surface area (Å²) < 4.78 is 0. The second-order valence-electron chi connectivity index (χ2n) is 4.22. The lowest BCUT2D eigenvalue weighted by atomic mass is 9.85. The third kappa shape index (κ3) is 1.43. The summed E-state index contributed by atoms with van der Waals surface area (Å²) in [6.07, 6.45) is 4.83. The molecule has 86 valence electrons. The molecule has 0 aromatic rings. The SMILES string of the molecule is C[C@@H](C(=O)O)N1C(=O)[C@H]2CC=CC[C@@H]2C1=O. The number of aliphatic carboxylic acids is 1. The zero-order chi connectivity index (χ0) is 11.9. The van der Waals surface area contributed by atoms with Gasteiger partial charge in [0.15, 0.2) is 0 Å². The van der Waals surface area contributed by atoms with E-state index in [9.17, 15) is 14.4 Å². The number of imide groups is 1. The summed E-state index contributed by atoms with van der Waals surface area (Å²) in [4.78, 5) is 35.5. The van der Waals surface area contributed by atoms with Crippen molar-refractivity contribution >= 4 is 17.8 Å². The summed E-state index contributed by atoms with van der Waals surface area (Å²) in [5.41, 5.74) is 0. The molecule has 0 unspecified atom stereocenters. The van der Waals surface area contributed by atoms with E-state index in [1.165, 1.54) is 6.92 Å². The third-order valence-corrected chi connectivity index (χ3v) is 3.29. The number of allylic oxidation sites excluding steroid dienone is 2. The lowest BCUT2D eigenvalue weighted by molar-refractivity contribution is -0.154. The second-order valence-corrected chi connectivity index (χ2v) is 4.22. The minimum Gasteiger partial charge on any atom is -0.480 e. The highest BCUT2D eigenvalue weighted by Gasteiger charge is 2.50. The molecule has 1 fully saturated rings. The van der Waals surface area contributed by atoms with Crippen molar-refractivity contribution in [2.75, 3.05) is 0 Å². The Bertz CT molecular complexity index is 361. The van der Waals surface area contributed by atoms with Crippen LogP contribution in [-0.4, -0.2) is 33.8 Å². The lowest BCUT2D eigenvalue weighted by Gasteiger charge is -2.18. The van der Waals surface area contributed by atoms with E-state index in [1.54, 1.807) is 0 Å². The average molecular weight is 223 g/mol. The molecule has 5 nitrogen and oxygen atoms in total. The molecule has 0 bridgehead atoms. The van der Waals surface area contributed by atoms with Gasteiger partial charge in [-0.1, -0.05) is 12.2 Å². The third-order valence-electron chi connectivity index (χ3n) is 3.29. The van der Waals surface area contributed by atoms with Gasteiger partial charge in [0.1, 0.15) is 6.04 Å². The first-order chi connectivity index (χ1) is 7.54. The van der Waals surface area contributed by atoms with E-state index < -0.39 is 12.0 Å². The molecule has 0 aromatic heterocycles. The van der Waals surface area contributed by atoms with Gasteiger partial charge in [-0.2, -0.15) is 0 Å². The van der Waals surface area contributed by atoms with E-state index in [0.29, 0.717) is 12.8 Å². The van der Waals surface area contributed by atoms with Crippen LogP contribution in [0.2, 0.25) is 0 Å². The van der Waals surface area contributed by atoms with Gasteiger partial charge in [0.25, 0.3) is 0 Å². The predicted molar refractivity (Wildman–Crippen MR) is 54.3 cm³/mol. The molecule has 2 rings (SSSR count). The molecule has 0 aromatic carbocycles. The monoisotopic (exact) mass is 223 g/mol. The first-order valence-corrected chi connectivity index (χ1v) is 5.28. The molecule has 1 aliphatic heterocycles. The molecule has 2 aliphatic rings. The lowest BCUT2D eigenvalue weighted by Crippen LogP contribution is -2.43. The summed E-state index contributed by atoms with van der Waals surface area (Å²) in [7, 11) is 0. The molecule has 1 N–H and O–H groups in total.